The van der Waals surface area contributed by atoms with E-state index in [1.54, 1.807) is 0 Å². The zero-order valence-corrected chi connectivity index (χ0v) is 6.03. The summed E-state index contributed by atoms with van der Waals surface area (Å²) < 4.78 is 0. The average molecular weight is 157 g/mol. The number of carboxylic acid groups (broad SMARTS) is 1. The number of aliphatic hydroxyl groups excluding tert-OH is 1. The van der Waals surface area contributed by atoms with Gasteiger partial charge in [-0.15, -0.1) is 12.3 Å². The van der Waals surface area contributed by atoms with Crippen molar-refractivity contribution < 1.29 is 15.0 Å². The Morgan fingerprint density at radius 2 is 2.27 bits per heavy atom. The molecule has 0 radical (unpaired) electrons. The zero-order valence-electron chi connectivity index (χ0n) is 6.03. The Kier molecular flexibility index (Phi) is 4.27. The van der Waals surface area contributed by atoms with Crippen molar-refractivity contribution in [1.82, 2.24) is 0 Å². The molecular formula is C7H11NO3. The van der Waals surface area contributed by atoms with Crippen molar-refractivity contribution in [2.45, 2.75) is 25.0 Å². The fraction of sp³-hybridized carbons (Fsp3) is 0.571. The van der Waals surface area contributed by atoms with Crippen LogP contribution in [-0.2, 0) is 4.79 Å². The van der Waals surface area contributed by atoms with Crippen molar-refractivity contribution in [3.8, 4) is 12.3 Å². The SMILES string of the molecule is C#CCC(O)CC(N)C(=O)O. The number of aliphatic carboxylic acids is 1. The molecule has 0 aliphatic heterocycles. The first kappa shape index (κ1) is 9.95. The molecule has 62 valence electrons. The van der Waals surface area contributed by atoms with Crippen LogP contribution in [0.1, 0.15) is 12.8 Å². The van der Waals surface area contributed by atoms with Gasteiger partial charge >= 0.3 is 5.97 Å². The lowest BCUT2D eigenvalue weighted by Gasteiger charge is -2.09. The number of carbonyl (C=O) groups is 1. The predicted molar refractivity (Wildman–Crippen MR) is 39.7 cm³/mol. The van der Waals surface area contributed by atoms with Gasteiger partial charge in [-0.05, 0) is 0 Å². The van der Waals surface area contributed by atoms with Crippen LogP contribution in [0, 0.1) is 12.3 Å². The van der Waals surface area contributed by atoms with E-state index in [0.29, 0.717) is 0 Å². The second-order valence-electron chi connectivity index (χ2n) is 2.24. The van der Waals surface area contributed by atoms with E-state index in [2.05, 4.69) is 5.92 Å². The van der Waals surface area contributed by atoms with Crippen molar-refractivity contribution in [1.29, 1.82) is 0 Å². The second kappa shape index (κ2) is 4.72. The van der Waals surface area contributed by atoms with Gasteiger partial charge in [-0.3, -0.25) is 4.79 Å². The van der Waals surface area contributed by atoms with Gasteiger partial charge in [0.05, 0.1) is 6.10 Å². The molecule has 4 heteroatoms. The van der Waals surface area contributed by atoms with Crippen molar-refractivity contribution in [3.63, 3.8) is 0 Å². The Morgan fingerprint density at radius 1 is 1.73 bits per heavy atom. The summed E-state index contributed by atoms with van der Waals surface area (Å²) in [6.07, 6.45) is 4.21. The van der Waals surface area contributed by atoms with Crippen molar-refractivity contribution >= 4 is 5.97 Å². The fourth-order valence-electron chi connectivity index (χ4n) is 0.613. The van der Waals surface area contributed by atoms with Crippen molar-refractivity contribution in [3.05, 3.63) is 0 Å². The highest BCUT2D eigenvalue weighted by atomic mass is 16.4. The minimum absolute atomic E-state index is 0.000463. The van der Waals surface area contributed by atoms with Crippen molar-refractivity contribution in [2.75, 3.05) is 0 Å². The normalized spacial score (nSPS) is 15.0. The quantitative estimate of drug-likeness (QED) is 0.465. The second-order valence-corrected chi connectivity index (χ2v) is 2.24. The maximum absolute atomic E-state index is 10.2. The molecule has 11 heavy (non-hydrogen) atoms. The lowest BCUT2D eigenvalue weighted by atomic mass is 10.1. The van der Waals surface area contributed by atoms with E-state index >= 15 is 0 Å². The van der Waals surface area contributed by atoms with Crippen LogP contribution in [-0.4, -0.2) is 28.3 Å². The number of aliphatic hydroxyl groups is 1. The van der Waals surface area contributed by atoms with Crippen LogP contribution < -0.4 is 5.73 Å². The molecule has 0 aliphatic carbocycles. The molecule has 4 nitrogen and oxygen atoms in total. The Bertz CT molecular complexity index is 173. The summed E-state index contributed by atoms with van der Waals surface area (Å²) in [5, 5.41) is 17.3. The maximum Gasteiger partial charge on any atom is 0.320 e. The van der Waals surface area contributed by atoms with Crippen LogP contribution in [0.4, 0.5) is 0 Å². The van der Waals surface area contributed by atoms with E-state index in [1.165, 1.54) is 0 Å². The molecule has 2 unspecified atom stereocenters. The molecule has 2 atom stereocenters. The summed E-state index contributed by atoms with van der Waals surface area (Å²) in [7, 11) is 0. The van der Waals surface area contributed by atoms with Gasteiger partial charge in [0, 0.05) is 12.8 Å². The van der Waals surface area contributed by atoms with Crippen LogP contribution in [0.15, 0.2) is 0 Å². The lowest BCUT2D eigenvalue weighted by molar-refractivity contribution is -0.139. The van der Waals surface area contributed by atoms with E-state index in [0.717, 1.165) is 0 Å². The molecule has 0 heterocycles. The van der Waals surface area contributed by atoms with Gasteiger partial charge in [0.15, 0.2) is 0 Å². The van der Waals surface area contributed by atoms with Crippen LogP contribution in [0.3, 0.4) is 0 Å². The molecule has 0 bridgehead atoms. The minimum atomic E-state index is -1.12. The number of terminal acetylenes is 1. The summed E-state index contributed by atoms with van der Waals surface area (Å²) >= 11 is 0. The van der Waals surface area contributed by atoms with Crippen LogP contribution in [0.5, 0.6) is 0 Å². The highest BCUT2D eigenvalue weighted by molar-refractivity contribution is 5.73. The molecule has 4 N–H and O–H groups in total. The number of rotatable bonds is 4. The van der Waals surface area contributed by atoms with Crippen LogP contribution in [0.2, 0.25) is 0 Å². The third-order valence-electron chi connectivity index (χ3n) is 1.20. The van der Waals surface area contributed by atoms with Gasteiger partial charge in [-0.2, -0.15) is 0 Å². The largest absolute Gasteiger partial charge is 0.480 e. The Balaban J connectivity index is 3.67. The average Bonchev–Trinajstić information content (AvgIpc) is 1.87. The predicted octanol–water partition coefficient (Wildman–Crippen LogP) is -0.827. The lowest BCUT2D eigenvalue weighted by Crippen LogP contribution is -2.33. The van der Waals surface area contributed by atoms with E-state index in [1.807, 2.05) is 0 Å². The summed E-state index contributed by atoms with van der Waals surface area (Å²) in [6, 6.07) is -1.03. The van der Waals surface area contributed by atoms with E-state index in [9.17, 15) is 4.79 Å². The first-order chi connectivity index (χ1) is 5.07. The smallest absolute Gasteiger partial charge is 0.320 e. The summed E-state index contributed by atoms with van der Waals surface area (Å²) in [6.45, 7) is 0. The Hall–Kier alpha value is -1.05. The standard InChI is InChI=1S/C7H11NO3/c1-2-3-5(9)4-6(8)7(10)11/h1,5-6,9H,3-4,8H2,(H,10,11). The third kappa shape index (κ3) is 4.37. The summed E-state index contributed by atoms with van der Waals surface area (Å²) in [5.41, 5.74) is 5.12. The Morgan fingerprint density at radius 3 is 2.64 bits per heavy atom. The number of hydrogen-bond acceptors (Lipinski definition) is 3. The monoisotopic (exact) mass is 157 g/mol. The molecule has 0 aromatic carbocycles. The van der Waals surface area contributed by atoms with E-state index in [-0.39, 0.29) is 12.8 Å². The maximum atomic E-state index is 10.2. The topological polar surface area (TPSA) is 83.5 Å². The summed E-state index contributed by atoms with van der Waals surface area (Å²) in [5.74, 6) is 1.09. The highest BCUT2D eigenvalue weighted by Gasteiger charge is 2.15. The zero-order chi connectivity index (χ0) is 8.85. The van der Waals surface area contributed by atoms with Gasteiger partial charge in [0.2, 0.25) is 0 Å². The van der Waals surface area contributed by atoms with Crippen molar-refractivity contribution in [2.24, 2.45) is 5.73 Å². The molecule has 0 aromatic heterocycles. The molecule has 0 amide bonds. The molecule has 0 fully saturated rings. The molecular weight excluding hydrogens is 146 g/mol. The first-order valence-corrected chi connectivity index (χ1v) is 3.17. The highest BCUT2D eigenvalue weighted by Crippen LogP contribution is 1.99. The molecule has 0 aliphatic rings. The minimum Gasteiger partial charge on any atom is -0.480 e. The van der Waals surface area contributed by atoms with E-state index in [4.69, 9.17) is 22.4 Å². The molecule has 0 aromatic rings. The number of hydrogen-bond donors (Lipinski definition) is 3. The van der Waals surface area contributed by atoms with Gasteiger partial charge in [-0.1, -0.05) is 0 Å². The summed E-state index contributed by atoms with van der Waals surface area (Å²) in [4.78, 5) is 10.2. The fourth-order valence-corrected chi connectivity index (χ4v) is 0.613. The third-order valence-corrected chi connectivity index (χ3v) is 1.20. The van der Waals surface area contributed by atoms with Crippen LogP contribution in [0.25, 0.3) is 0 Å². The van der Waals surface area contributed by atoms with Gasteiger partial charge < -0.3 is 15.9 Å². The van der Waals surface area contributed by atoms with Gasteiger partial charge in [-0.25, -0.2) is 0 Å². The number of carboxylic acids is 1. The number of nitrogens with two attached hydrogens (primary N) is 1. The van der Waals surface area contributed by atoms with E-state index < -0.39 is 18.1 Å². The molecule has 0 spiro atoms. The molecule has 0 saturated carbocycles. The first-order valence-electron chi connectivity index (χ1n) is 3.17. The van der Waals surface area contributed by atoms with Gasteiger partial charge in [0.1, 0.15) is 6.04 Å². The Labute approximate surface area is 65.0 Å². The molecule has 0 rings (SSSR count). The molecule has 0 saturated heterocycles. The van der Waals surface area contributed by atoms with Crippen LogP contribution >= 0.6 is 0 Å². The van der Waals surface area contributed by atoms with Gasteiger partial charge in [0.25, 0.3) is 0 Å².